The molecule has 0 bridgehead atoms. The van der Waals surface area contributed by atoms with Gasteiger partial charge in [-0.1, -0.05) is 40.0 Å². The van der Waals surface area contributed by atoms with Gasteiger partial charge >= 0.3 is 5.97 Å². The smallest absolute Gasteiger partial charge is 0.326 e. The molecule has 0 aromatic carbocycles. The van der Waals surface area contributed by atoms with E-state index in [9.17, 15) is 9.59 Å². The van der Waals surface area contributed by atoms with Crippen LogP contribution in [0.5, 0.6) is 0 Å². The van der Waals surface area contributed by atoms with E-state index >= 15 is 0 Å². The maximum atomic E-state index is 11.1. The van der Waals surface area contributed by atoms with E-state index in [1.165, 1.54) is 24.7 Å². The van der Waals surface area contributed by atoms with Gasteiger partial charge in [0.05, 0.1) is 0 Å². The molecular weight excluding hydrogens is 218 g/mol. The maximum absolute atomic E-state index is 11.1. The third-order valence-corrected chi connectivity index (χ3v) is 3.20. The van der Waals surface area contributed by atoms with Gasteiger partial charge in [0.15, 0.2) is 0 Å². The highest BCUT2D eigenvalue weighted by atomic mass is 16.4. The van der Waals surface area contributed by atoms with E-state index in [1.54, 1.807) is 0 Å². The van der Waals surface area contributed by atoms with Crippen LogP contribution in [-0.2, 0) is 9.59 Å². The molecule has 0 aromatic heterocycles. The first-order valence-electron chi connectivity index (χ1n) is 6.49. The number of unbranched alkanes of at least 4 members (excludes halogenated alkanes) is 1. The third kappa shape index (κ3) is 4.75. The highest BCUT2D eigenvalue weighted by Crippen LogP contribution is 2.27. The number of nitrogens with zero attached hydrogens (tertiary/aromatic N) is 1. The zero-order chi connectivity index (χ0) is 13.4. The third-order valence-electron chi connectivity index (χ3n) is 3.20. The van der Waals surface area contributed by atoms with Crippen molar-refractivity contribution in [2.45, 2.75) is 59.4 Å². The molecule has 2 unspecified atom stereocenters. The van der Waals surface area contributed by atoms with Gasteiger partial charge in [0, 0.05) is 13.5 Å². The Balaban J connectivity index is 0.000000557. The number of carboxylic acids is 1. The van der Waals surface area contributed by atoms with Crippen molar-refractivity contribution in [1.29, 1.82) is 0 Å². The molecule has 1 saturated heterocycles. The van der Waals surface area contributed by atoms with Crippen LogP contribution in [0.1, 0.15) is 53.4 Å². The lowest BCUT2D eigenvalue weighted by atomic mass is 9.98. The summed E-state index contributed by atoms with van der Waals surface area (Å²) in [6.45, 7) is 8.34. The zero-order valence-corrected chi connectivity index (χ0v) is 11.4. The Kier molecular flexibility index (Phi) is 7.59. The number of aliphatic carboxylic acids is 1. The van der Waals surface area contributed by atoms with Crippen molar-refractivity contribution in [1.82, 2.24) is 4.90 Å². The standard InChI is InChI=1S/C9H15NO3.C4H10/c1-3-7-4-5-10(6(2)11)8(7)9(12)13;1-3-4-2/h7-8H,3-5H2,1-2H3,(H,12,13);3-4H2,1-2H3. The van der Waals surface area contributed by atoms with Crippen LogP contribution in [0.2, 0.25) is 0 Å². The van der Waals surface area contributed by atoms with Gasteiger partial charge in [0.2, 0.25) is 5.91 Å². The molecule has 1 aliphatic rings. The molecule has 4 nitrogen and oxygen atoms in total. The molecule has 1 fully saturated rings. The van der Waals surface area contributed by atoms with Gasteiger partial charge in [-0.3, -0.25) is 4.79 Å². The van der Waals surface area contributed by atoms with E-state index in [0.717, 1.165) is 12.8 Å². The van der Waals surface area contributed by atoms with Crippen LogP contribution in [0.15, 0.2) is 0 Å². The second kappa shape index (κ2) is 8.09. The molecule has 0 aromatic rings. The second-order valence-electron chi connectivity index (χ2n) is 4.45. The van der Waals surface area contributed by atoms with Crippen molar-refractivity contribution >= 4 is 11.9 Å². The fourth-order valence-electron chi connectivity index (χ4n) is 1.97. The Morgan fingerprint density at radius 1 is 1.24 bits per heavy atom. The van der Waals surface area contributed by atoms with Gasteiger partial charge in [-0.15, -0.1) is 0 Å². The highest BCUT2D eigenvalue weighted by molar-refractivity contribution is 5.83. The summed E-state index contributed by atoms with van der Waals surface area (Å²) < 4.78 is 0. The van der Waals surface area contributed by atoms with Gasteiger partial charge in [-0.2, -0.15) is 0 Å². The maximum Gasteiger partial charge on any atom is 0.326 e. The van der Waals surface area contributed by atoms with Gasteiger partial charge in [-0.25, -0.2) is 4.79 Å². The first-order valence-corrected chi connectivity index (χ1v) is 6.49. The summed E-state index contributed by atoms with van der Waals surface area (Å²) in [6.07, 6.45) is 4.27. The van der Waals surface area contributed by atoms with Gasteiger partial charge in [0.25, 0.3) is 0 Å². The Hall–Kier alpha value is -1.06. The van der Waals surface area contributed by atoms with Crippen molar-refractivity contribution in [3.05, 3.63) is 0 Å². The van der Waals surface area contributed by atoms with E-state index in [4.69, 9.17) is 5.11 Å². The van der Waals surface area contributed by atoms with Crippen LogP contribution in [0.4, 0.5) is 0 Å². The summed E-state index contributed by atoms with van der Waals surface area (Å²) in [5.41, 5.74) is 0. The first-order chi connectivity index (χ1) is 7.99. The molecule has 0 saturated carbocycles. The summed E-state index contributed by atoms with van der Waals surface area (Å²) >= 11 is 0. The predicted molar refractivity (Wildman–Crippen MR) is 67.8 cm³/mol. The van der Waals surface area contributed by atoms with E-state index < -0.39 is 12.0 Å². The minimum atomic E-state index is -0.875. The zero-order valence-electron chi connectivity index (χ0n) is 11.4. The molecule has 1 rings (SSSR count). The quantitative estimate of drug-likeness (QED) is 0.828. The molecule has 0 radical (unpaired) electrons. The number of hydrogen-bond acceptors (Lipinski definition) is 2. The van der Waals surface area contributed by atoms with Crippen molar-refractivity contribution in [3.8, 4) is 0 Å². The van der Waals surface area contributed by atoms with Gasteiger partial charge < -0.3 is 10.0 Å². The second-order valence-corrected chi connectivity index (χ2v) is 4.45. The molecule has 100 valence electrons. The van der Waals surface area contributed by atoms with Crippen LogP contribution in [0.3, 0.4) is 0 Å². The fraction of sp³-hybridized carbons (Fsp3) is 0.846. The molecule has 1 aliphatic heterocycles. The van der Waals surface area contributed by atoms with E-state index in [0.29, 0.717) is 6.54 Å². The monoisotopic (exact) mass is 243 g/mol. The largest absolute Gasteiger partial charge is 0.480 e. The molecule has 1 heterocycles. The van der Waals surface area contributed by atoms with E-state index in [1.807, 2.05) is 6.92 Å². The summed E-state index contributed by atoms with van der Waals surface area (Å²) in [7, 11) is 0. The summed E-state index contributed by atoms with van der Waals surface area (Å²) in [5, 5.41) is 8.94. The summed E-state index contributed by atoms with van der Waals surface area (Å²) in [5.74, 6) is -0.885. The molecular formula is C13H25NO3. The lowest BCUT2D eigenvalue weighted by molar-refractivity contribution is -0.148. The molecule has 4 heteroatoms. The van der Waals surface area contributed by atoms with Crippen LogP contribution >= 0.6 is 0 Å². The molecule has 0 aliphatic carbocycles. The molecule has 17 heavy (non-hydrogen) atoms. The highest BCUT2D eigenvalue weighted by Gasteiger charge is 2.39. The number of amides is 1. The van der Waals surface area contributed by atoms with Gasteiger partial charge in [-0.05, 0) is 12.3 Å². The predicted octanol–water partition coefficient (Wildman–Crippen LogP) is 2.52. The lowest BCUT2D eigenvalue weighted by Gasteiger charge is -2.22. The van der Waals surface area contributed by atoms with Crippen molar-refractivity contribution in [2.75, 3.05) is 6.54 Å². The number of rotatable bonds is 3. The van der Waals surface area contributed by atoms with Crippen LogP contribution in [-0.4, -0.2) is 34.5 Å². The van der Waals surface area contributed by atoms with Crippen LogP contribution < -0.4 is 0 Å². The van der Waals surface area contributed by atoms with E-state index in [-0.39, 0.29) is 11.8 Å². The Bertz CT molecular complexity index is 251. The Morgan fingerprint density at radius 2 is 1.76 bits per heavy atom. The molecule has 0 spiro atoms. The molecule has 2 atom stereocenters. The fourth-order valence-corrected chi connectivity index (χ4v) is 1.97. The van der Waals surface area contributed by atoms with E-state index in [2.05, 4.69) is 13.8 Å². The SMILES string of the molecule is CCC1CCN(C(C)=O)C1C(=O)O.CCCC. The Labute approximate surface area is 104 Å². The normalized spacial score (nSPS) is 22.9. The summed E-state index contributed by atoms with van der Waals surface area (Å²) in [4.78, 5) is 23.4. The number of hydrogen-bond donors (Lipinski definition) is 1. The average molecular weight is 243 g/mol. The van der Waals surface area contributed by atoms with Crippen molar-refractivity contribution in [2.24, 2.45) is 5.92 Å². The average Bonchev–Trinajstić information content (AvgIpc) is 2.73. The first kappa shape index (κ1) is 15.9. The lowest BCUT2D eigenvalue weighted by Crippen LogP contribution is -2.42. The van der Waals surface area contributed by atoms with Gasteiger partial charge in [0.1, 0.15) is 6.04 Å². The minimum absolute atomic E-state index is 0.126. The minimum Gasteiger partial charge on any atom is -0.480 e. The number of carbonyl (C=O) groups excluding carboxylic acids is 1. The van der Waals surface area contributed by atoms with Crippen molar-refractivity contribution < 1.29 is 14.7 Å². The summed E-state index contributed by atoms with van der Waals surface area (Å²) in [6, 6.07) is -0.595. The van der Waals surface area contributed by atoms with Crippen LogP contribution in [0, 0.1) is 5.92 Å². The number of carboxylic acid groups (broad SMARTS) is 1. The van der Waals surface area contributed by atoms with Crippen LogP contribution in [0.25, 0.3) is 0 Å². The van der Waals surface area contributed by atoms with Crippen molar-refractivity contribution in [3.63, 3.8) is 0 Å². The Morgan fingerprint density at radius 3 is 2.06 bits per heavy atom. The number of likely N-dealkylation sites (tertiary alicyclic amines) is 1. The number of carbonyl (C=O) groups is 2. The molecule has 1 N–H and O–H groups in total. The molecule has 1 amide bonds. The topological polar surface area (TPSA) is 57.6 Å².